The number of alkyl halides is 2. The molecule has 0 heterocycles. The summed E-state index contributed by atoms with van der Waals surface area (Å²) in [5.41, 5.74) is 1.84. The molecule has 0 bridgehead atoms. The molecule has 0 spiro atoms. The van der Waals surface area contributed by atoms with Crippen LogP contribution in [0.15, 0.2) is 22.7 Å². The van der Waals surface area contributed by atoms with Crippen molar-refractivity contribution >= 4 is 15.9 Å². The third-order valence-electron chi connectivity index (χ3n) is 3.64. The number of hydrogen-bond acceptors (Lipinski definition) is 1. The molecule has 0 amide bonds. The SMILES string of the molecule is Cc1cccc(C(O)CC2CCC(F)(F)C2)c1Br. The van der Waals surface area contributed by atoms with Crippen molar-refractivity contribution in [2.24, 2.45) is 5.92 Å². The Hall–Kier alpha value is -0.480. The second-order valence-electron chi connectivity index (χ2n) is 5.19. The predicted molar refractivity (Wildman–Crippen MR) is 70.7 cm³/mol. The van der Waals surface area contributed by atoms with E-state index in [4.69, 9.17) is 0 Å². The summed E-state index contributed by atoms with van der Waals surface area (Å²) < 4.78 is 27.1. The van der Waals surface area contributed by atoms with Crippen molar-refractivity contribution < 1.29 is 13.9 Å². The van der Waals surface area contributed by atoms with E-state index in [9.17, 15) is 13.9 Å². The Morgan fingerprint density at radius 1 is 1.50 bits per heavy atom. The number of aryl methyl sites for hydroxylation is 1. The zero-order valence-electron chi connectivity index (χ0n) is 10.3. The van der Waals surface area contributed by atoms with E-state index in [1.165, 1.54) is 0 Å². The van der Waals surface area contributed by atoms with Gasteiger partial charge >= 0.3 is 0 Å². The normalized spacial score (nSPS) is 24.2. The van der Waals surface area contributed by atoms with Gasteiger partial charge in [-0.2, -0.15) is 0 Å². The zero-order chi connectivity index (χ0) is 13.3. The topological polar surface area (TPSA) is 20.2 Å². The Bertz CT molecular complexity index is 434. The van der Waals surface area contributed by atoms with Crippen LogP contribution in [0.25, 0.3) is 0 Å². The molecule has 2 unspecified atom stereocenters. The lowest BCUT2D eigenvalue weighted by molar-refractivity contribution is 0.00253. The summed E-state index contributed by atoms with van der Waals surface area (Å²) in [6, 6.07) is 5.67. The van der Waals surface area contributed by atoms with Crippen molar-refractivity contribution in [1.82, 2.24) is 0 Å². The van der Waals surface area contributed by atoms with Crippen LogP contribution in [0.1, 0.15) is 42.9 Å². The molecule has 2 atom stereocenters. The fourth-order valence-electron chi connectivity index (χ4n) is 2.61. The molecule has 0 radical (unpaired) electrons. The van der Waals surface area contributed by atoms with E-state index in [1.807, 2.05) is 25.1 Å². The van der Waals surface area contributed by atoms with Crippen LogP contribution in [0, 0.1) is 12.8 Å². The molecular weight excluding hydrogens is 302 g/mol. The average Bonchev–Trinajstić information content (AvgIpc) is 2.62. The van der Waals surface area contributed by atoms with Gasteiger partial charge in [-0.05, 0) is 36.8 Å². The predicted octanol–water partition coefficient (Wildman–Crippen LogP) is 4.62. The molecule has 1 aliphatic carbocycles. The third-order valence-corrected chi connectivity index (χ3v) is 4.73. The molecule has 18 heavy (non-hydrogen) atoms. The summed E-state index contributed by atoms with van der Waals surface area (Å²) in [7, 11) is 0. The van der Waals surface area contributed by atoms with Crippen molar-refractivity contribution in [3.8, 4) is 0 Å². The van der Waals surface area contributed by atoms with E-state index in [0.29, 0.717) is 12.8 Å². The lowest BCUT2D eigenvalue weighted by atomic mass is 9.95. The van der Waals surface area contributed by atoms with E-state index >= 15 is 0 Å². The second kappa shape index (κ2) is 5.25. The van der Waals surface area contributed by atoms with Gasteiger partial charge in [0, 0.05) is 17.3 Å². The smallest absolute Gasteiger partial charge is 0.248 e. The summed E-state index contributed by atoms with van der Waals surface area (Å²) in [6.07, 6.45) is 0.121. The number of aliphatic hydroxyl groups is 1. The highest BCUT2D eigenvalue weighted by Crippen LogP contribution is 2.43. The Morgan fingerprint density at radius 2 is 2.22 bits per heavy atom. The first-order chi connectivity index (χ1) is 8.39. The molecule has 2 rings (SSSR count). The van der Waals surface area contributed by atoms with Gasteiger partial charge in [0.15, 0.2) is 0 Å². The minimum atomic E-state index is -2.53. The monoisotopic (exact) mass is 318 g/mol. The number of rotatable bonds is 3. The van der Waals surface area contributed by atoms with E-state index in [0.717, 1.165) is 15.6 Å². The van der Waals surface area contributed by atoms with E-state index in [1.54, 1.807) is 0 Å². The fraction of sp³-hybridized carbons (Fsp3) is 0.571. The standard InChI is InChI=1S/C14H17BrF2O/c1-9-3-2-4-11(13(9)15)12(18)7-10-5-6-14(16,17)8-10/h2-4,10,12,18H,5-8H2,1H3. The van der Waals surface area contributed by atoms with Gasteiger partial charge < -0.3 is 5.11 Å². The van der Waals surface area contributed by atoms with Crippen molar-refractivity contribution in [3.63, 3.8) is 0 Å². The van der Waals surface area contributed by atoms with Gasteiger partial charge in [0.1, 0.15) is 0 Å². The van der Waals surface area contributed by atoms with Gasteiger partial charge in [-0.25, -0.2) is 8.78 Å². The van der Waals surface area contributed by atoms with Gasteiger partial charge in [0.2, 0.25) is 5.92 Å². The molecule has 1 aromatic rings. The molecule has 0 saturated heterocycles. The van der Waals surface area contributed by atoms with Crippen LogP contribution in [-0.4, -0.2) is 11.0 Å². The molecule has 0 aromatic heterocycles. The van der Waals surface area contributed by atoms with Gasteiger partial charge in [0.05, 0.1) is 6.10 Å². The van der Waals surface area contributed by atoms with Crippen LogP contribution in [0.2, 0.25) is 0 Å². The Balaban J connectivity index is 2.04. The molecule has 1 aliphatic rings. The van der Waals surface area contributed by atoms with Crippen molar-refractivity contribution in [3.05, 3.63) is 33.8 Å². The van der Waals surface area contributed by atoms with E-state index < -0.39 is 12.0 Å². The first-order valence-corrected chi connectivity index (χ1v) is 6.99. The van der Waals surface area contributed by atoms with Crippen LogP contribution in [0.5, 0.6) is 0 Å². The van der Waals surface area contributed by atoms with Crippen molar-refractivity contribution in [2.75, 3.05) is 0 Å². The maximum absolute atomic E-state index is 13.1. The number of benzene rings is 1. The molecule has 4 heteroatoms. The fourth-order valence-corrected chi connectivity index (χ4v) is 3.14. The zero-order valence-corrected chi connectivity index (χ0v) is 11.9. The molecular formula is C14H17BrF2O. The molecule has 1 nitrogen and oxygen atoms in total. The molecule has 1 saturated carbocycles. The highest BCUT2D eigenvalue weighted by atomic mass is 79.9. The number of hydrogen-bond donors (Lipinski definition) is 1. The second-order valence-corrected chi connectivity index (χ2v) is 5.99. The van der Waals surface area contributed by atoms with Gasteiger partial charge in [-0.15, -0.1) is 0 Å². The average molecular weight is 319 g/mol. The summed E-state index contributed by atoms with van der Waals surface area (Å²) in [6.45, 7) is 1.95. The maximum atomic E-state index is 13.1. The van der Waals surface area contributed by atoms with Gasteiger partial charge in [0.25, 0.3) is 0 Å². The first kappa shape index (κ1) is 13.9. The summed E-state index contributed by atoms with van der Waals surface area (Å²) in [4.78, 5) is 0. The van der Waals surface area contributed by atoms with Crippen LogP contribution >= 0.6 is 15.9 Å². The highest BCUT2D eigenvalue weighted by molar-refractivity contribution is 9.10. The number of halogens is 3. The van der Waals surface area contributed by atoms with Gasteiger partial charge in [-0.1, -0.05) is 34.1 Å². The first-order valence-electron chi connectivity index (χ1n) is 6.20. The quantitative estimate of drug-likeness (QED) is 0.862. The highest BCUT2D eigenvalue weighted by Gasteiger charge is 2.40. The van der Waals surface area contributed by atoms with Crippen molar-refractivity contribution in [2.45, 2.75) is 44.6 Å². The Morgan fingerprint density at radius 3 is 2.83 bits per heavy atom. The molecule has 1 fully saturated rings. The third kappa shape index (κ3) is 3.09. The summed E-state index contributed by atoms with van der Waals surface area (Å²) >= 11 is 3.44. The van der Waals surface area contributed by atoms with Crippen LogP contribution in [0.4, 0.5) is 8.78 Å². The van der Waals surface area contributed by atoms with Crippen LogP contribution in [-0.2, 0) is 0 Å². The lowest BCUT2D eigenvalue weighted by Gasteiger charge is -2.18. The largest absolute Gasteiger partial charge is 0.388 e. The van der Waals surface area contributed by atoms with Crippen molar-refractivity contribution in [1.29, 1.82) is 0 Å². The van der Waals surface area contributed by atoms with Crippen LogP contribution < -0.4 is 0 Å². The molecule has 0 aliphatic heterocycles. The van der Waals surface area contributed by atoms with Crippen LogP contribution in [0.3, 0.4) is 0 Å². The molecule has 1 N–H and O–H groups in total. The Kier molecular flexibility index (Phi) is 4.07. The van der Waals surface area contributed by atoms with E-state index in [2.05, 4.69) is 15.9 Å². The molecule has 100 valence electrons. The molecule has 1 aromatic carbocycles. The minimum absolute atomic E-state index is 0.0423. The minimum Gasteiger partial charge on any atom is -0.388 e. The summed E-state index contributed by atoms with van der Waals surface area (Å²) in [5.74, 6) is -2.61. The summed E-state index contributed by atoms with van der Waals surface area (Å²) in [5, 5.41) is 10.2. The van der Waals surface area contributed by atoms with E-state index in [-0.39, 0.29) is 18.8 Å². The number of aliphatic hydroxyl groups excluding tert-OH is 1. The van der Waals surface area contributed by atoms with Gasteiger partial charge in [-0.3, -0.25) is 0 Å². The lowest BCUT2D eigenvalue weighted by Crippen LogP contribution is -2.11. The maximum Gasteiger partial charge on any atom is 0.248 e. The Labute approximate surface area is 114 Å².